The summed E-state index contributed by atoms with van der Waals surface area (Å²) in [6, 6.07) is 4.41. The lowest BCUT2D eigenvalue weighted by atomic mass is 9.85. The Balaban J connectivity index is 1.68. The minimum Gasteiger partial charge on any atom is -0.492 e. The molecule has 2 aliphatic heterocycles. The normalized spacial score (nSPS) is 21.2. The van der Waals surface area contributed by atoms with Gasteiger partial charge in [0.1, 0.15) is 5.75 Å². The van der Waals surface area contributed by atoms with Crippen molar-refractivity contribution in [3.63, 3.8) is 0 Å². The molecule has 1 atom stereocenters. The van der Waals surface area contributed by atoms with Crippen molar-refractivity contribution in [1.82, 2.24) is 0 Å². The zero-order chi connectivity index (χ0) is 16.1. The molecule has 1 fully saturated rings. The molecule has 2 aliphatic rings. The van der Waals surface area contributed by atoms with Gasteiger partial charge in [-0.15, -0.1) is 0 Å². The van der Waals surface area contributed by atoms with E-state index in [1.807, 2.05) is 12.3 Å². The molecule has 4 nitrogen and oxygen atoms in total. The molecule has 0 N–H and O–H groups in total. The van der Waals surface area contributed by atoms with E-state index in [0.717, 1.165) is 50.2 Å². The van der Waals surface area contributed by atoms with E-state index in [0.29, 0.717) is 30.2 Å². The number of rotatable bonds is 6. The summed E-state index contributed by atoms with van der Waals surface area (Å²) in [7, 11) is 1.70. The average molecular weight is 338 g/mol. The molecule has 0 aromatic heterocycles. The summed E-state index contributed by atoms with van der Waals surface area (Å²) in [4.78, 5) is 4.76. The molecular formula is C18H24ClNO3. The van der Waals surface area contributed by atoms with Gasteiger partial charge in [0.15, 0.2) is 0 Å². The first-order valence-electron chi connectivity index (χ1n) is 8.33. The molecule has 1 saturated heterocycles. The monoisotopic (exact) mass is 337 g/mol. The van der Waals surface area contributed by atoms with E-state index in [-0.39, 0.29) is 0 Å². The lowest BCUT2D eigenvalue weighted by Gasteiger charge is -2.30. The molecule has 0 bridgehead atoms. The molecule has 3 rings (SSSR count). The van der Waals surface area contributed by atoms with Crippen LogP contribution < -0.4 is 4.74 Å². The van der Waals surface area contributed by atoms with Gasteiger partial charge in [-0.25, -0.2) is 0 Å². The molecule has 0 saturated carbocycles. The van der Waals surface area contributed by atoms with Crippen LogP contribution in [0.5, 0.6) is 5.75 Å². The SMILES string of the molecule is COCCCOc1cc2c(cc1Cl)C=NC(C1CCOCC1)C2. The van der Waals surface area contributed by atoms with Crippen molar-refractivity contribution >= 4 is 17.8 Å². The maximum absolute atomic E-state index is 6.32. The summed E-state index contributed by atoms with van der Waals surface area (Å²) in [5.41, 5.74) is 2.39. The Labute approximate surface area is 142 Å². The topological polar surface area (TPSA) is 40.0 Å². The van der Waals surface area contributed by atoms with Gasteiger partial charge in [-0.05, 0) is 48.4 Å². The highest BCUT2D eigenvalue weighted by molar-refractivity contribution is 6.32. The Hall–Kier alpha value is -1.10. The number of ether oxygens (including phenoxy) is 3. The van der Waals surface area contributed by atoms with Gasteiger partial charge in [-0.2, -0.15) is 0 Å². The second-order valence-corrected chi connectivity index (χ2v) is 6.58. The fourth-order valence-electron chi connectivity index (χ4n) is 3.25. The van der Waals surface area contributed by atoms with Crippen molar-refractivity contribution in [3.05, 3.63) is 28.3 Å². The first-order chi connectivity index (χ1) is 11.3. The van der Waals surface area contributed by atoms with Crippen molar-refractivity contribution in [3.8, 4) is 5.75 Å². The van der Waals surface area contributed by atoms with Crippen LogP contribution in [0.1, 0.15) is 30.4 Å². The van der Waals surface area contributed by atoms with E-state index < -0.39 is 0 Å². The zero-order valence-corrected chi connectivity index (χ0v) is 14.3. The maximum atomic E-state index is 6.32. The van der Waals surface area contributed by atoms with Crippen LogP contribution in [0.2, 0.25) is 5.02 Å². The second-order valence-electron chi connectivity index (χ2n) is 6.18. The van der Waals surface area contributed by atoms with Crippen LogP contribution in [0.15, 0.2) is 17.1 Å². The lowest BCUT2D eigenvalue weighted by molar-refractivity contribution is 0.0586. The number of hydrogen-bond acceptors (Lipinski definition) is 4. The quantitative estimate of drug-likeness (QED) is 0.746. The Kier molecular flexibility index (Phi) is 5.92. The summed E-state index contributed by atoms with van der Waals surface area (Å²) in [6.07, 6.45) is 5.99. The van der Waals surface area contributed by atoms with Crippen LogP contribution in [-0.2, 0) is 15.9 Å². The number of benzene rings is 1. The number of halogens is 1. The van der Waals surface area contributed by atoms with Gasteiger partial charge in [0.25, 0.3) is 0 Å². The van der Waals surface area contributed by atoms with Gasteiger partial charge in [0.2, 0.25) is 0 Å². The smallest absolute Gasteiger partial charge is 0.138 e. The molecule has 2 heterocycles. The van der Waals surface area contributed by atoms with E-state index in [1.54, 1.807) is 7.11 Å². The van der Waals surface area contributed by atoms with Gasteiger partial charge in [-0.1, -0.05) is 11.6 Å². The summed E-state index contributed by atoms with van der Waals surface area (Å²) in [5, 5.41) is 0.650. The maximum Gasteiger partial charge on any atom is 0.138 e. The predicted molar refractivity (Wildman–Crippen MR) is 92.1 cm³/mol. The van der Waals surface area contributed by atoms with Crippen LogP contribution in [0.3, 0.4) is 0 Å². The molecule has 23 heavy (non-hydrogen) atoms. The molecule has 1 aromatic carbocycles. The zero-order valence-electron chi connectivity index (χ0n) is 13.6. The van der Waals surface area contributed by atoms with Crippen molar-refractivity contribution in [2.45, 2.75) is 31.7 Å². The van der Waals surface area contributed by atoms with E-state index in [2.05, 4.69) is 6.07 Å². The van der Waals surface area contributed by atoms with Crippen LogP contribution in [0.25, 0.3) is 0 Å². The highest BCUT2D eigenvalue weighted by Gasteiger charge is 2.26. The van der Waals surface area contributed by atoms with Crippen LogP contribution in [-0.4, -0.2) is 45.8 Å². The van der Waals surface area contributed by atoms with Gasteiger partial charge < -0.3 is 14.2 Å². The second kappa shape index (κ2) is 8.13. The fraction of sp³-hybridized carbons (Fsp3) is 0.611. The molecule has 5 heteroatoms. The van der Waals surface area contributed by atoms with Crippen molar-refractivity contribution in [2.24, 2.45) is 10.9 Å². The van der Waals surface area contributed by atoms with Crippen LogP contribution in [0.4, 0.5) is 0 Å². The summed E-state index contributed by atoms with van der Waals surface area (Å²) >= 11 is 6.32. The van der Waals surface area contributed by atoms with Crippen molar-refractivity contribution in [2.75, 3.05) is 33.5 Å². The van der Waals surface area contributed by atoms with Crippen molar-refractivity contribution < 1.29 is 14.2 Å². The molecule has 126 valence electrons. The molecule has 0 amide bonds. The van der Waals surface area contributed by atoms with Gasteiger partial charge >= 0.3 is 0 Å². The highest BCUT2D eigenvalue weighted by Crippen LogP contribution is 2.33. The van der Waals surface area contributed by atoms with Crippen LogP contribution >= 0.6 is 11.6 Å². The highest BCUT2D eigenvalue weighted by atomic mass is 35.5. The Morgan fingerprint density at radius 1 is 1.26 bits per heavy atom. The number of hydrogen-bond donors (Lipinski definition) is 0. The first-order valence-corrected chi connectivity index (χ1v) is 8.71. The van der Waals surface area contributed by atoms with E-state index in [9.17, 15) is 0 Å². The minimum absolute atomic E-state index is 0.355. The van der Waals surface area contributed by atoms with E-state index >= 15 is 0 Å². The number of nitrogens with zero attached hydrogens (tertiary/aromatic N) is 1. The fourth-order valence-corrected chi connectivity index (χ4v) is 3.47. The third kappa shape index (κ3) is 4.25. The molecule has 0 radical (unpaired) electrons. The molecular weight excluding hydrogens is 314 g/mol. The van der Waals surface area contributed by atoms with Gasteiger partial charge in [-0.3, -0.25) is 4.99 Å². The average Bonchev–Trinajstić information content (AvgIpc) is 2.59. The summed E-state index contributed by atoms with van der Waals surface area (Å²) < 4.78 is 16.3. The lowest BCUT2D eigenvalue weighted by Crippen LogP contribution is -2.30. The largest absolute Gasteiger partial charge is 0.492 e. The first kappa shape index (κ1) is 16.7. The Morgan fingerprint density at radius 3 is 2.87 bits per heavy atom. The Bertz CT molecular complexity index is 555. The molecule has 1 unspecified atom stereocenters. The van der Waals surface area contributed by atoms with Gasteiger partial charge in [0, 0.05) is 39.6 Å². The van der Waals surface area contributed by atoms with Crippen molar-refractivity contribution in [1.29, 1.82) is 0 Å². The summed E-state index contributed by atoms with van der Waals surface area (Å²) in [5.74, 6) is 1.39. The summed E-state index contributed by atoms with van der Waals surface area (Å²) in [6.45, 7) is 3.03. The number of fused-ring (bicyclic) bond motifs is 1. The third-order valence-corrected chi connectivity index (χ3v) is 4.88. The van der Waals surface area contributed by atoms with E-state index in [4.69, 9.17) is 30.8 Å². The molecule has 0 aliphatic carbocycles. The minimum atomic E-state index is 0.355. The van der Waals surface area contributed by atoms with Gasteiger partial charge in [0.05, 0.1) is 17.7 Å². The molecule has 0 spiro atoms. The van der Waals surface area contributed by atoms with E-state index in [1.165, 1.54) is 5.56 Å². The predicted octanol–water partition coefficient (Wildman–Crippen LogP) is 3.53. The molecule has 1 aromatic rings. The number of methoxy groups -OCH3 is 1. The standard InChI is InChI=1S/C18H24ClNO3/c1-21-5-2-6-23-18-11-14-10-17(13-3-7-22-8-4-13)20-12-15(14)9-16(18)19/h9,11-13,17H,2-8,10H2,1H3. The Morgan fingerprint density at radius 2 is 2.09 bits per heavy atom. The number of aliphatic imine (C=N–C) groups is 1. The van der Waals surface area contributed by atoms with Crippen LogP contribution in [0, 0.1) is 5.92 Å². The third-order valence-electron chi connectivity index (χ3n) is 4.59.